The van der Waals surface area contributed by atoms with Crippen molar-refractivity contribution in [2.24, 2.45) is 0 Å². The van der Waals surface area contributed by atoms with Gasteiger partial charge in [0.1, 0.15) is 5.82 Å². The Labute approximate surface area is 76.5 Å². The first-order valence-corrected chi connectivity index (χ1v) is 4.16. The van der Waals surface area contributed by atoms with Gasteiger partial charge in [-0.05, 0) is 23.8 Å². The minimum absolute atomic E-state index is 0.193. The van der Waals surface area contributed by atoms with Crippen LogP contribution in [0.2, 0.25) is 5.02 Å². The smallest absolute Gasteiger partial charge is 0.126 e. The standard InChI is InChI=1S/C9H11ClFN/c1-12-5-4-7-6-8(10)2-3-9(7)11/h2-3,6H,1,4-5,12H2. The number of hydrogen-bond donors (Lipinski definition) is 1. The maximum absolute atomic E-state index is 13.0. The Balaban J connectivity index is 2.75. The van der Waals surface area contributed by atoms with Crippen molar-refractivity contribution in [1.29, 1.82) is 0 Å². The van der Waals surface area contributed by atoms with E-state index < -0.39 is 0 Å². The number of halogens is 2. The highest BCUT2D eigenvalue weighted by Gasteiger charge is 2.01. The van der Waals surface area contributed by atoms with E-state index in [1.807, 2.05) is 0 Å². The molecule has 0 heterocycles. The van der Waals surface area contributed by atoms with Gasteiger partial charge in [-0.15, -0.1) is 0 Å². The molecule has 0 aromatic heterocycles. The van der Waals surface area contributed by atoms with Crippen molar-refractivity contribution >= 4 is 11.6 Å². The molecule has 3 heteroatoms. The predicted molar refractivity (Wildman–Crippen MR) is 47.3 cm³/mol. The van der Waals surface area contributed by atoms with Gasteiger partial charge in [0, 0.05) is 11.4 Å². The average Bonchev–Trinajstić information content (AvgIpc) is 2.07. The largest absolute Gasteiger partial charge is 0.479 e. The Morgan fingerprint density at radius 3 is 2.92 bits per heavy atom. The van der Waals surface area contributed by atoms with Gasteiger partial charge in [0.05, 0.1) is 6.54 Å². The van der Waals surface area contributed by atoms with Gasteiger partial charge in [0.15, 0.2) is 0 Å². The molecule has 0 bridgehead atoms. The van der Waals surface area contributed by atoms with Crippen molar-refractivity contribution in [2.45, 2.75) is 6.42 Å². The molecule has 0 spiro atoms. The fourth-order valence-corrected chi connectivity index (χ4v) is 1.19. The van der Waals surface area contributed by atoms with Gasteiger partial charge in [-0.3, -0.25) is 0 Å². The zero-order valence-corrected chi connectivity index (χ0v) is 7.44. The van der Waals surface area contributed by atoms with Crippen LogP contribution in [-0.2, 0) is 6.42 Å². The van der Waals surface area contributed by atoms with Crippen LogP contribution in [-0.4, -0.2) is 6.54 Å². The lowest BCUT2D eigenvalue weighted by Crippen LogP contribution is -2.77. The molecule has 1 aromatic rings. The third-order valence-electron chi connectivity index (χ3n) is 1.63. The summed E-state index contributed by atoms with van der Waals surface area (Å²) in [7, 11) is 3.57. The van der Waals surface area contributed by atoms with E-state index in [0.29, 0.717) is 17.0 Å². The van der Waals surface area contributed by atoms with Crippen LogP contribution >= 0.6 is 11.6 Å². The van der Waals surface area contributed by atoms with Crippen molar-refractivity contribution in [3.8, 4) is 0 Å². The van der Waals surface area contributed by atoms with Crippen molar-refractivity contribution in [1.82, 2.24) is 0 Å². The Morgan fingerprint density at radius 2 is 2.25 bits per heavy atom. The highest BCUT2D eigenvalue weighted by Crippen LogP contribution is 2.14. The molecule has 12 heavy (non-hydrogen) atoms. The van der Waals surface area contributed by atoms with Crippen LogP contribution in [0, 0.1) is 12.9 Å². The number of rotatable bonds is 3. The van der Waals surface area contributed by atoms with Crippen molar-refractivity contribution in [3.05, 3.63) is 41.7 Å². The molecule has 0 unspecified atom stereocenters. The fourth-order valence-electron chi connectivity index (χ4n) is 0.992. The molecule has 0 aliphatic carbocycles. The summed E-state index contributed by atoms with van der Waals surface area (Å²) >= 11 is 5.70. The van der Waals surface area contributed by atoms with Gasteiger partial charge in [-0.1, -0.05) is 11.6 Å². The van der Waals surface area contributed by atoms with Crippen LogP contribution < -0.4 is 5.32 Å². The van der Waals surface area contributed by atoms with E-state index in [4.69, 9.17) is 11.6 Å². The van der Waals surface area contributed by atoms with Gasteiger partial charge >= 0.3 is 0 Å². The minimum atomic E-state index is -0.193. The Bertz CT molecular complexity index is 263. The van der Waals surface area contributed by atoms with Gasteiger partial charge < -0.3 is 5.32 Å². The van der Waals surface area contributed by atoms with E-state index in [-0.39, 0.29) is 5.82 Å². The van der Waals surface area contributed by atoms with E-state index in [1.165, 1.54) is 6.07 Å². The normalized spacial score (nSPS) is 10.2. The number of hydrogen-bond acceptors (Lipinski definition) is 0. The third-order valence-corrected chi connectivity index (χ3v) is 1.86. The summed E-state index contributed by atoms with van der Waals surface area (Å²) in [6.45, 7) is 0.775. The number of benzene rings is 1. The molecule has 2 N–H and O–H groups in total. The molecule has 1 nitrogen and oxygen atoms in total. The summed E-state index contributed by atoms with van der Waals surface area (Å²) in [6, 6.07) is 4.59. The van der Waals surface area contributed by atoms with Crippen LogP contribution in [0.5, 0.6) is 0 Å². The summed E-state index contributed by atoms with van der Waals surface area (Å²) in [5.74, 6) is -0.193. The lowest BCUT2D eigenvalue weighted by atomic mass is 10.1. The molecule has 0 atom stereocenters. The maximum Gasteiger partial charge on any atom is 0.126 e. The van der Waals surface area contributed by atoms with Crippen LogP contribution in [0.1, 0.15) is 5.56 Å². The summed E-state index contributed by atoms with van der Waals surface area (Å²) in [5, 5.41) is 2.34. The number of nitrogens with two attached hydrogens (primary N) is 1. The highest BCUT2D eigenvalue weighted by molar-refractivity contribution is 6.30. The third kappa shape index (κ3) is 2.47. The lowest BCUT2D eigenvalue weighted by Gasteiger charge is -2.03. The van der Waals surface area contributed by atoms with Crippen LogP contribution in [0.25, 0.3) is 0 Å². The molecule has 1 rings (SSSR count). The molecule has 0 fully saturated rings. The monoisotopic (exact) mass is 187 g/mol. The SMILES string of the molecule is [CH2-][NH2+]CCc1cc(Cl)ccc1F. The van der Waals surface area contributed by atoms with Crippen LogP contribution in [0.4, 0.5) is 4.39 Å². The minimum Gasteiger partial charge on any atom is -0.479 e. The van der Waals surface area contributed by atoms with E-state index >= 15 is 0 Å². The summed E-state index contributed by atoms with van der Waals surface area (Å²) < 4.78 is 13.0. The number of quaternary nitrogens is 1. The molecule has 1 aromatic carbocycles. The Kier molecular flexibility index (Phi) is 3.50. The summed E-state index contributed by atoms with van der Waals surface area (Å²) in [6.07, 6.45) is 0.663. The Hall–Kier alpha value is -0.600. The maximum atomic E-state index is 13.0. The first-order chi connectivity index (χ1) is 5.74. The quantitative estimate of drug-likeness (QED) is 0.689. The highest BCUT2D eigenvalue weighted by atomic mass is 35.5. The molecule has 0 saturated carbocycles. The molecule has 0 saturated heterocycles. The molecule has 0 aliphatic heterocycles. The molecular weight excluding hydrogens is 177 g/mol. The molecule has 0 radical (unpaired) electrons. The van der Waals surface area contributed by atoms with E-state index in [0.717, 1.165) is 6.54 Å². The van der Waals surface area contributed by atoms with Crippen molar-refractivity contribution in [2.75, 3.05) is 6.54 Å². The zero-order valence-electron chi connectivity index (χ0n) is 6.69. The molecular formula is C9H11ClFN. The van der Waals surface area contributed by atoms with Crippen molar-refractivity contribution in [3.63, 3.8) is 0 Å². The Morgan fingerprint density at radius 1 is 1.50 bits per heavy atom. The zero-order chi connectivity index (χ0) is 8.97. The molecule has 0 aliphatic rings. The van der Waals surface area contributed by atoms with Crippen molar-refractivity contribution < 1.29 is 9.71 Å². The summed E-state index contributed by atoms with van der Waals surface area (Å²) in [5.41, 5.74) is 0.655. The van der Waals surface area contributed by atoms with Crippen LogP contribution in [0.3, 0.4) is 0 Å². The summed E-state index contributed by atoms with van der Waals surface area (Å²) in [4.78, 5) is 0. The van der Waals surface area contributed by atoms with Gasteiger partial charge in [0.25, 0.3) is 0 Å². The van der Waals surface area contributed by atoms with E-state index in [1.54, 1.807) is 17.4 Å². The second-order valence-electron chi connectivity index (χ2n) is 2.56. The first kappa shape index (κ1) is 9.49. The van der Waals surface area contributed by atoms with E-state index in [2.05, 4.69) is 7.05 Å². The molecule has 0 amide bonds. The van der Waals surface area contributed by atoms with E-state index in [9.17, 15) is 4.39 Å². The van der Waals surface area contributed by atoms with Gasteiger partial charge in [-0.25, -0.2) is 4.39 Å². The average molecular weight is 188 g/mol. The first-order valence-electron chi connectivity index (χ1n) is 3.79. The molecule has 66 valence electrons. The topological polar surface area (TPSA) is 16.6 Å². The lowest BCUT2D eigenvalue weighted by molar-refractivity contribution is -0.594. The fraction of sp³-hybridized carbons (Fsp3) is 0.222. The van der Waals surface area contributed by atoms with Gasteiger partial charge in [0.2, 0.25) is 0 Å². The second kappa shape index (κ2) is 4.43. The van der Waals surface area contributed by atoms with Crippen LogP contribution in [0.15, 0.2) is 18.2 Å². The van der Waals surface area contributed by atoms with Gasteiger partial charge in [-0.2, -0.15) is 7.05 Å². The predicted octanol–water partition coefficient (Wildman–Crippen LogP) is 1.38. The second-order valence-corrected chi connectivity index (χ2v) is 3.00.